The molecule has 0 fully saturated rings. The molecule has 0 radical (unpaired) electrons. The molecule has 2 aliphatic rings. The monoisotopic (exact) mass is 447 g/mol. The van der Waals surface area contributed by atoms with Gasteiger partial charge in [-0.2, -0.15) is 0 Å². The molecule has 0 saturated carbocycles. The van der Waals surface area contributed by atoms with Gasteiger partial charge in [-0.15, -0.1) is 0 Å². The van der Waals surface area contributed by atoms with Crippen LogP contribution in [0.3, 0.4) is 0 Å². The standard InChI is InChI=1S/C27H29NO5/c1-17-24(27(30)33-15-14-18-8-5-4-6-9-18)25(26-21(28-17)10-7-11-22(26)29)20-16-19(31-2)12-13-23(20)32-3/h4-6,8-10,12-13,16,25-26,28H,7,11,14-15H2,1-3H3. The lowest BCUT2D eigenvalue weighted by molar-refractivity contribution is -0.139. The Bertz CT molecular complexity index is 1100. The first-order valence-corrected chi connectivity index (χ1v) is 11.2. The lowest BCUT2D eigenvalue weighted by Gasteiger charge is -2.38. The maximum atomic E-state index is 13.4. The number of hydrogen-bond acceptors (Lipinski definition) is 6. The number of carbonyl (C=O) groups excluding carboxylic acids is 2. The summed E-state index contributed by atoms with van der Waals surface area (Å²) in [6.07, 6.45) is 3.79. The van der Waals surface area contributed by atoms with Crippen molar-refractivity contribution in [1.82, 2.24) is 5.32 Å². The summed E-state index contributed by atoms with van der Waals surface area (Å²) in [5.74, 6) is -0.129. The van der Waals surface area contributed by atoms with Crippen LogP contribution in [0.1, 0.15) is 36.8 Å². The van der Waals surface area contributed by atoms with Gasteiger partial charge in [-0.05, 0) is 37.1 Å². The first-order chi connectivity index (χ1) is 16.0. The Hall–Kier alpha value is -3.54. The fourth-order valence-electron chi connectivity index (χ4n) is 4.69. The third kappa shape index (κ3) is 4.65. The van der Waals surface area contributed by atoms with Gasteiger partial charge in [-0.3, -0.25) is 4.79 Å². The van der Waals surface area contributed by atoms with Crippen molar-refractivity contribution in [1.29, 1.82) is 0 Å². The summed E-state index contributed by atoms with van der Waals surface area (Å²) in [4.78, 5) is 26.5. The molecule has 0 spiro atoms. The van der Waals surface area contributed by atoms with Gasteiger partial charge >= 0.3 is 5.97 Å². The molecule has 6 heteroatoms. The Morgan fingerprint density at radius 1 is 1.06 bits per heavy atom. The molecule has 2 aromatic rings. The van der Waals surface area contributed by atoms with Crippen molar-refractivity contribution in [2.75, 3.05) is 20.8 Å². The summed E-state index contributed by atoms with van der Waals surface area (Å²) < 4.78 is 16.8. The van der Waals surface area contributed by atoms with Gasteiger partial charge < -0.3 is 19.5 Å². The van der Waals surface area contributed by atoms with Crippen LogP contribution < -0.4 is 14.8 Å². The molecule has 1 heterocycles. The fraction of sp³-hybridized carbons (Fsp3) is 0.333. The van der Waals surface area contributed by atoms with E-state index in [9.17, 15) is 9.59 Å². The molecular weight excluding hydrogens is 418 g/mol. The Kier molecular flexibility index (Phi) is 6.82. The third-order valence-corrected chi connectivity index (χ3v) is 6.28. The van der Waals surface area contributed by atoms with E-state index in [1.54, 1.807) is 26.4 Å². The van der Waals surface area contributed by atoms with Crippen LogP contribution in [0.5, 0.6) is 11.5 Å². The number of hydrogen-bond donors (Lipinski definition) is 1. The van der Waals surface area contributed by atoms with E-state index in [2.05, 4.69) is 5.32 Å². The van der Waals surface area contributed by atoms with E-state index in [0.717, 1.165) is 16.8 Å². The molecule has 2 atom stereocenters. The zero-order valence-electron chi connectivity index (χ0n) is 19.2. The second kappa shape index (κ2) is 9.94. The molecule has 33 heavy (non-hydrogen) atoms. The van der Waals surface area contributed by atoms with Crippen molar-refractivity contribution in [2.24, 2.45) is 5.92 Å². The number of carbonyl (C=O) groups is 2. The number of esters is 1. The van der Waals surface area contributed by atoms with Crippen LogP contribution in [-0.2, 0) is 20.7 Å². The minimum absolute atomic E-state index is 0.0944. The predicted octanol–water partition coefficient (Wildman–Crippen LogP) is 4.31. The van der Waals surface area contributed by atoms with E-state index in [0.29, 0.717) is 42.0 Å². The van der Waals surface area contributed by atoms with E-state index in [1.807, 2.05) is 49.4 Å². The molecule has 2 unspecified atom stereocenters. The lowest BCUT2D eigenvalue weighted by Crippen LogP contribution is -2.41. The number of rotatable bonds is 7. The largest absolute Gasteiger partial charge is 0.497 e. The second-order valence-corrected chi connectivity index (χ2v) is 8.26. The lowest BCUT2D eigenvalue weighted by atomic mass is 9.70. The van der Waals surface area contributed by atoms with Gasteiger partial charge in [0.1, 0.15) is 17.3 Å². The first-order valence-electron chi connectivity index (χ1n) is 11.2. The highest BCUT2D eigenvalue weighted by molar-refractivity contribution is 5.96. The quantitative estimate of drug-likeness (QED) is 0.638. The molecule has 0 saturated heterocycles. The maximum Gasteiger partial charge on any atom is 0.336 e. The van der Waals surface area contributed by atoms with Gasteiger partial charge in [0.05, 0.1) is 32.3 Å². The normalized spacial score (nSPS) is 19.8. The molecule has 0 amide bonds. The number of fused-ring (bicyclic) bond motifs is 1. The van der Waals surface area contributed by atoms with Gasteiger partial charge in [0.25, 0.3) is 0 Å². The number of benzene rings is 2. The SMILES string of the molecule is COc1ccc(OC)c(C2C(C(=O)OCCc3ccccc3)=C(C)NC3=CCCC(=O)C32)c1. The maximum absolute atomic E-state index is 13.4. The minimum atomic E-state index is -0.528. The molecule has 172 valence electrons. The van der Waals surface area contributed by atoms with E-state index >= 15 is 0 Å². The summed E-state index contributed by atoms with van der Waals surface area (Å²) in [6, 6.07) is 15.3. The zero-order chi connectivity index (χ0) is 23.4. The third-order valence-electron chi connectivity index (χ3n) is 6.28. The summed E-state index contributed by atoms with van der Waals surface area (Å²) >= 11 is 0. The Labute approximate surface area is 194 Å². The molecular formula is C27H29NO5. The molecule has 1 N–H and O–H groups in total. The molecule has 2 aromatic carbocycles. The van der Waals surface area contributed by atoms with E-state index < -0.39 is 17.8 Å². The highest BCUT2D eigenvalue weighted by Gasteiger charge is 2.44. The Balaban J connectivity index is 1.72. The summed E-state index contributed by atoms with van der Waals surface area (Å²) in [6.45, 7) is 2.10. The van der Waals surface area contributed by atoms with Crippen molar-refractivity contribution in [3.05, 3.63) is 82.7 Å². The Morgan fingerprint density at radius 3 is 2.58 bits per heavy atom. The number of nitrogens with one attached hydrogen (secondary N) is 1. The van der Waals surface area contributed by atoms with Crippen molar-refractivity contribution < 1.29 is 23.8 Å². The molecule has 1 aliphatic heterocycles. The van der Waals surface area contributed by atoms with Crippen LogP contribution in [0, 0.1) is 5.92 Å². The van der Waals surface area contributed by atoms with Gasteiger partial charge in [-0.1, -0.05) is 36.4 Å². The minimum Gasteiger partial charge on any atom is -0.497 e. The number of methoxy groups -OCH3 is 2. The van der Waals surface area contributed by atoms with Crippen LogP contribution in [0.25, 0.3) is 0 Å². The van der Waals surface area contributed by atoms with Crippen LogP contribution in [0.4, 0.5) is 0 Å². The Morgan fingerprint density at radius 2 is 1.85 bits per heavy atom. The van der Waals surface area contributed by atoms with Gasteiger partial charge in [0.15, 0.2) is 0 Å². The topological polar surface area (TPSA) is 73.9 Å². The number of Topliss-reactive ketones (excluding diaryl/α,β-unsaturated/α-hetero) is 1. The molecule has 6 nitrogen and oxygen atoms in total. The molecule has 0 aromatic heterocycles. The fourth-order valence-corrected chi connectivity index (χ4v) is 4.69. The first kappa shape index (κ1) is 22.6. The number of ketones is 1. The summed E-state index contributed by atoms with van der Waals surface area (Å²) in [7, 11) is 3.17. The van der Waals surface area contributed by atoms with Crippen molar-refractivity contribution in [3.8, 4) is 11.5 Å². The van der Waals surface area contributed by atoms with Gasteiger partial charge in [0, 0.05) is 35.7 Å². The smallest absolute Gasteiger partial charge is 0.336 e. The molecule has 0 bridgehead atoms. The highest BCUT2D eigenvalue weighted by atomic mass is 16.5. The predicted molar refractivity (Wildman–Crippen MR) is 125 cm³/mol. The molecule has 4 rings (SSSR count). The van der Waals surface area contributed by atoms with Gasteiger partial charge in [-0.25, -0.2) is 4.79 Å². The number of allylic oxidation sites excluding steroid dienone is 3. The van der Waals surface area contributed by atoms with Crippen LogP contribution in [0.2, 0.25) is 0 Å². The van der Waals surface area contributed by atoms with Crippen LogP contribution in [-0.4, -0.2) is 32.6 Å². The average Bonchev–Trinajstić information content (AvgIpc) is 2.83. The number of ether oxygens (including phenoxy) is 3. The van der Waals surface area contributed by atoms with Crippen molar-refractivity contribution in [3.63, 3.8) is 0 Å². The van der Waals surface area contributed by atoms with Crippen LogP contribution in [0.15, 0.2) is 71.6 Å². The van der Waals surface area contributed by atoms with Crippen molar-refractivity contribution in [2.45, 2.75) is 32.1 Å². The van der Waals surface area contributed by atoms with E-state index in [4.69, 9.17) is 14.2 Å². The van der Waals surface area contributed by atoms with E-state index in [-0.39, 0.29) is 12.4 Å². The highest BCUT2D eigenvalue weighted by Crippen LogP contribution is 2.47. The zero-order valence-corrected chi connectivity index (χ0v) is 19.2. The van der Waals surface area contributed by atoms with Crippen molar-refractivity contribution >= 4 is 11.8 Å². The van der Waals surface area contributed by atoms with Gasteiger partial charge in [0.2, 0.25) is 0 Å². The summed E-state index contributed by atoms with van der Waals surface area (Å²) in [5, 5.41) is 3.30. The average molecular weight is 448 g/mol. The second-order valence-electron chi connectivity index (χ2n) is 8.26. The molecule has 1 aliphatic carbocycles. The van der Waals surface area contributed by atoms with E-state index in [1.165, 1.54) is 0 Å². The summed E-state index contributed by atoms with van der Waals surface area (Å²) in [5.41, 5.74) is 3.80. The van der Waals surface area contributed by atoms with Crippen LogP contribution >= 0.6 is 0 Å².